The molecule has 9 heteroatoms. The predicted molar refractivity (Wildman–Crippen MR) is 124 cm³/mol. The molecule has 2 aromatic rings. The molecule has 0 amide bonds. The number of anilines is 3. The highest BCUT2D eigenvalue weighted by Crippen LogP contribution is 2.46. The third kappa shape index (κ3) is 4.88. The third-order valence-corrected chi connectivity index (χ3v) is 6.91. The van der Waals surface area contributed by atoms with Crippen LogP contribution < -0.4 is 16.4 Å². The largest absolute Gasteiger partial charge is 0.418 e. The number of aromatic nitrogens is 2. The zero-order chi connectivity index (χ0) is 23.8. The van der Waals surface area contributed by atoms with Crippen LogP contribution in [0.4, 0.5) is 30.4 Å². The Morgan fingerprint density at radius 3 is 2.45 bits per heavy atom. The molecule has 4 rings (SSSR count). The highest BCUT2D eigenvalue weighted by molar-refractivity contribution is 5.82. The number of rotatable bonds is 8. The summed E-state index contributed by atoms with van der Waals surface area (Å²) in [5.41, 5.74) is 13.5. The maximum absolute atomic E-state index is 13.8. The Kier molecular flexibility index (Phi) is 6.44. The number of nitrogens with two attached hydrogens (primary N) is 2. The molecule has 2 aromatic heterocycles. The van der Waals surface area contributed by atoms with Crippen LogP contribution in [0.3, 0.4) is 0 Å². The summed E-state index contributed by atoms with van der Waals surface area (Å²) in [6, 6.07) is 2.88. The van der Waals surface area contributed by atoms with Crippen molar-refractivity contribution < 1.29 is 17.9 Å². The van der Waals surface area contributed by atoms with Crippen LogP contribution in [0.15, 0.2) is 18.3 Å². The summed E-state index contributed by atoms with van der Waals surface area (Å²) in [6.07, 6.45) is 2.89. The van der Waals surface area contributed by atoms with E-state index in [9.17, 15) is 13.2 Å². The van der Waals surface area contributed by atoms with Gasteiger partial charge >= 0.3 is 6.18 Å². The second-order valence-corrected chi connectivity index (χ2v) is 9.41. The molecule has 2 fully saturated rings. The van der Waals surface area contributed by atoms with E-state index < -0.39 is 11.7 Å². The highest BCUT2D eigenvalue weighted by Gasteiger charge is 2.40. The van der Waals surface area contributed by atoms with Gasteiger partial charge in [0.05, 0.1) is 34.9 Å². The fourth-order valence-corrected chi connectivity index (χ4v) is 5.05. The number of hydrogen-bond acceptors (Lipinski definition) is 6. The van der Waals surface area contributed by atoms with E-state index in [1.54, 1.807) is 13.2 Å². The van der Waals surface area contributed by atoms with Gasteiger partial charge in [0.2, 0.25) is 0 Å². The van der Waals surface area contributed by atoms with Crippen LogP contribution in [0.5, 0.6) is 0 Å². The second-order valence-electron chi connectivity index (χ2n) is 9.41. The second kappa shape index (κ2) is 9.00. The molecule has 4 N–H and O–H groups in total. The van der Waals surface area contributed by atoms with E-state index in [1.807, 2.05) is 6.92 Å². The summed E-state index contributed by atoms with van der Waals surface area (Å²) >= 11 is 0. The van der Waals surface area contributed by atoms with Gasteiger partial charge in [0.1, 0.15) is 5.82 Å². The summed E-state index contributed by atoms with van der Waals surface area (Å²) in [7, 11) is 1.71. The minimum absolute atomic E-state index is 0.0202. The van der Waals surface area contributed by atoms with E-state index in [0.717, 1.165) is 51.1 Å². The number of pyridine rings is 2. The Hall–Kier alpha value is -2.55. The van der Waals surface area contributed by atoms with Crippen LogP contribution >= 0.6 is 0 Å². The molecule has 0 aromatic carbocycles. The third-order valence-electron chi connectivity index (χ3n) is 6.91. The molecule has 33 heavy (non-hydrogen) atoms. The summed E-state index contributed by atoms with van der Waals surface area (Å²) in [6.45, 7) is 4.08. The average Bonchev–Trinajstić information content (AvgIpc) is 3.53. The van der Waals surface area contributed by atoms with E-state index in [-0.39, 0.29) is 28.4 Å². The zero-order valence-corrected chi connectivity index (χ0v) is 19.2. The number of alkyl halides is 3. The van der Waals surface area contributed by atoms with E-state index in [2.05, 4.69) is 14.9 Å². The lowest BCUT2D eigenvalue weighted by atomic mass is 9.86. The molecule has 2 aliphatic rings. The van der Waals surface area contributed by atoms with Gasteiger partial charge in [-0.15, -0.1) is 0 Å². The van der Waals surface area contributed by atoms with Crippen molar-refractivity contribution in [2.45, 2.75) is 57.5 Å². The van der Waals surface area contributed by atoms with Crippen LogP contribution in [0.25, 0.3) is 11.3 Å². The van der Waals surface area contributed by atoms with Crippen molar-refractivity contribution in [3.05, 3.63) is 29.6 Å². The van der Waals surface area contributed by atoms with Gasteiger partial charge in [-0.05, 0) is 44.7 Å². The molecule has 2 heterocycles. The van der Waals surface area contributed by atoms with Gasteiger partial charge < -0.3 is 21.1 Å². The molecule has 2 aliphatic carbocycles. The Morgan fingerprint density at radius 1 is 1.18 bits per heavy atom. The Balaban J connectivity index is 1.73. The van der Waals surface area contributed by atoms with Crippen LogP contribution in [0.2, 0.25) is 0 Å². The van der Waals surface area contributed by atoms with E-state index in [0.29, 0.717) is 30.2 Å². The number of nitrogens with zero attached hydrogens (tertiary/aromatic N) is 3. The van der Waals surface area contributed by atoms with Crippen molar-refractivity contribution in [1.82, 2.24) is 9.97 Å². The highest BCUT2D eigenvalue weighted by atomic mass is 19.4. The lowest BCUT2D eigenvalue weighted by Crippen LogP contribution is -2.39. The Bertz CT molecular complexity index is 1000. The first-order valence-corrected chi connectivity index (χ1v) is 11.5. The summed E-state index contributed by atoms with van der Waals surface area (Å²) in [5, 5.41) is 0. The fourth-order valence-electron chi connectivity index (χ4n) is 5.05. The first-order chi connectivity index (χ1) is 15.7. The van der Waals surface area contributed by atoms with Gasteiger partial charge in [0.25, 0.3) is 0 Å². The maximum Gasteiger partial charge on any atom is 0.418 e. The van der Waals surface area contributed by atoms with Crippen molar-refractivity contribution in [3.63, 3.8) is 0 Å². The summed E-state index contributed by atoms with van der Waals surface area (Å²) < 4.78 is 46.8. The minimum Gasteiger partial charge on any atom is -0.394 e. The van der Waals surface area contributed by atoms with Gasteiger partial charge in [0, 0.05) is 43.3 Å². The number of nitrogen functional groups attached to an aromatic ring is 2. The molecule has 6 nitrogen and oxygen atoms in total. The molecule has 0 aliphatic heterocycles. The average molecular weight is 464 g/mol. The van der Waals surface area contributed by atoms with Crippen LogP contribution in [0, 0.1) is 5.41 Å². The quantitative estimate of drug-likeness (QED) is 0.557. The van der Waals surface area contributed by atoms with Gasteiger partial charge in [0.15, 0.2) is 0 Å². The van der Waals surface area contributed by atoms with Gasteiger partial charge in [-0.1, -0.05) is 12.8 Å². The van der Waals surface area contributed by atoms with Crippen molar-refractivity contribution in [1.29, 1.82) is 0 Å². The van der Waals surface area contributed by atoms with E-state index >= 15 is 0 Å². The van der Waals surface area contributed by atoms with Crippen molar-refractivity contribution in [2.24, 2.45) is 5.41 Å². The van der Waals surface area contributed by atoms with Crippen molar-refractivity contribution in [3.8, 4) is 11.3 Å². The monoisotopic (exact) mass is 463 g/mol. The Morgan fingerprint density at radius 2 is 1.88 bits per heavy atom. The first-order valence-electron chi connectivity index (χ1n) is 11.5. The number of methoxy groups -OCH3 is 1. The fraction of sp³-hybridized carbons (Fsp3) is 0.583. The summed E-state index contributed by atoms with van der Waals surface area (Å²) in [5.74, 6) is -0.0114. The van der Waals surface area contributed by atoms with Crippen LogP contribution in [-0.4, -0.2) is 36.8 Å². The lowest BCUT2D eigenvalue weighted by Gasteiger charge is -2.36. The zero-order valence-electron chi connectivity index (χ0n) is 19.2. The first kappa shape index (κ1) is 23.6. The predicted octanol–water partition coefficient (Wildman–Crippen LogP) is 5.24. The van der Waals surface area contributed by atoms with Crippen molar-refractivity contribution >= 4 is 17.2 Å². The van der Waals surface area contributed by atoms with Crippen molar-refractivity contribution in [2.75, 3.05) is 43.2 Å². The molecule has 0 bridgehead atoms. The topological polar surface area (TPSA) is 90.3 Å². The number of ether oxygens (including phenoxy) is 1. The molecular weight excluding hydrogens is 431 g/mol. The normalized spacial score (nSPS) is 18.0. The lowest BCUT2D eigenvalue weighted by molar-refractivity contribution is -0.138. The minimum atomic E-state index is -4.48. The molecule has 0 atom stereocenters. The molecule has 180 valence electrons. The van der Waals surface area contributed by atoms with Gasteiger partial charge in [-0.3, -0.25) is 4.98 Å². The van der Waals surface area contributed by atoms with Gasteiger partial charge in [-0.25, -0.2) is 4.98 Å². The van der Waals surface area contributed by atoms with Gasteiger partial charge in [-0.2, -0.15) is 13.2 Å². The van der Waals surface area contributed by atoms with E-state index in [4.69, 9.17) is 16.2 Å². The number of hydrogen-bond donors (Lipinski definition) is 2. The standard InChI is InChI=1S/C24H32F3N5O/c1-3-32(13-23(14-33-2)8-4-5-9-23)19-11-18(31-22(29)20(19)28)16-10-17(24(25,26)27)21(30-12-16)15-6-7-15/h10-12,15H,3-9,13-14,28H2,1-2H3,(H2,29,31). The van der Waals surface area contributed by atoms with Crippen LogP contribution in [-0.2, 0) is 10.9 Å². The smallest absolute Gasteiger partial charge is 0.394 e. The van der Waals surface area contributed by atoms with Crippen LogP contribution in [0.1, 0.15) is 62.6 Å². The SMILES string of the molecule is CCN(CC1(COC)CCCC1)c1cc(-c2cnc(C3CC3)c(C(F)(F)F)c2)nc(N)c1N. The molecule has 0 radical (unpaired) electrons. The molecular formula is C24H32F3N5O. The molecule has 2 saturated carbocycles. The number of halogens is 3. The molecule has 0 unspecified atom stereocenters. The van der Waals surface area contributed by atoms with E-state index in [1.165, 1.54) is 6.20 Å². The molecule has 0 spiro atoms. The summed E-state index contributed by atoms with van der Waals surface area (Å²) in [4.78, 5) is 10.6. The maximum atomic E-state index is 13.8. The Labute approximate surface area is 192 Å². The molecule has 0 saturated heterocycles.